The van der Waals surface area contributed by atoms with Crippen molar-refractivity contribution in [2.24, 2.45) is 5.92 Å². The maximum atomic E-state index is 12.6. The van der Waals surface area contributed by atoms with Crippen LogP contribution in [0.5, 0.6) is 0 Å². The Morgan fingerprint density at radius 3 is 2.61 bits per heavy atom. The standard InChI is InChI=1S/C18H26N2O3/c1-12(2)15-8-4-5-9-16(15)19-17(21)13(3)20-10-6-7-14(11-20)18(22)23/h4-5,8-9,12-14H,6-7,10-11H2,1-3H3,(H,19,21)(H,22,23). The lowest BCUT2D eigenvalue weighted by molar-refractivity contribution is -0.144. The third-order valence-electron chi connectivity index (χ3n) is 4.57. The fraction of sp³-hybridized carbons (Fsp3) is 0.556. The lowest BCUT2D eigenvalue weighted by Crippen LogP contribution is -2.48. The molecule has 0 aromatic heterocycles. The van der Waals surface area contributed by atoms with E-state index in [-0.39, 0.29) is 17.9 Å². The number of likely N-dealkylation sites (tertiary alicyclic amines) is 1. The first-order chi connectivity index (χ1) is 10.9. The minimum atomic E-state index is -0.771. The van der Waals surface area contributed by atoms with Gasteiger partial charge in [0.05, 0.1) is 12.0 Å². The number of para-hydroxylation sites is 1. The molecule has 2 N–H and O–H groups in total. The number of piperidine rings is 1. The third kappa shape index (κ3) is 4.32. The van der Waals surface area contributed by atoms with Crippen LogP contribution in [0.15, 0.2) is 24.3 Å². The number of carbonyl (C=O) groups is 2. The minimum absolute atomic E-state index is 0.0795. The summed E-state index contributed by atoms with van der Waals surface area (Å²) in [5.74, 6) is -0.897. The van der Waals surface area contributed by atoms with E-state index in [1.54, 1.807) is 0 Å². The second-order valence-corrected chi connectivity index (χ2v) is 6.58. The highest BCUT2D eigenvalue weighted by Gasteiger charge is 2.30. The molecule has 1 aromatic rings. The molecule has 1 saturated heterocycles. The monoisotopic (exact) mass is 318 g/mol. The molecule has 5 nitrogen and oxygen atoms in total. The molecule has 0 radical (unpaired) electrons. The first-order valence-electron chi connectivity index (χ1n) is 8.26. The maximum Gasteiger partial charge on any atom is 0.307 e. The molecule has 1 fully saturated rings. The number of hydrogen-bond acceptors (Lipinski definition) is 3. The van der Waals surface area contributed by atoms with E-state index in [1.165, 1.54) is 0 Å². The first kappa shape index (κ1) is 17.5. The first-order valence-corrected chi connectivity index (χ1v) is 8.26. The Kier molecular flexibility index (Phi) is 5.77. The van der Waals surface area contributed by atoms with Gasteiger partial charge in [-0.15, -0.1) is 0 Å². The average Bonchev–Trinajstić information content (AvgIpc) is 2.54. The molecule has 2 atom stereocenters. The van der Waals surface area contributed by atoms with Crippen molar-refractivity contribution >= 4 is 17.6 Å². The van der Waals surface area contributed by atoms with Gasteiger partial charge in [-0.25, -0.2) is 0 Å². The Hall–Kier alpha value is -1.88. The van der Waals surface area contributed by atoms with Gasteiger partial charge in [-0.1, -0.05) is 32.0 Å². The maximum absolute atomic E-state index is 12.6. The summed E-state index contributed by atoms with van der Waals surface area (Å²) in [5, 5.41) is 12.2. The van der Waals surface area contributed by atoms with Crippen molar-refractivity contribution in [2.45, 2.75) is 45.6 Å². The van der Waals surface area contributed by atoms with Gasteiger partial charge in [-0.3, -0.25) is 14.5 Å². The summed E-state index contributed by atoms with van der Waals surface area (Å²) < 4.78 is 0. The van der Waals surface area contributed by atoms with Crippen LogP contribution in [0.1, 0.15) is 45.1 Å². The molecule has 0 saturated carbocycles. The quantitative estimate of drug-likeness (QED) is 0.876. The zero-order chi connectivity index (χ0) is 17.0. The van der Waals surface area contributed by atoms with E-state index in [1.807, 2.05) is 36.1 Å². The number of carboxylic acids is 1. The SMILES string of the molecule is CC(C)c1ccccc1NC(=O)C(C)N1CCCC(C(=O)O)C1. The van der Waals surface area contributed by atoms with E-state index in [0.29, 0.717) is 18.9 Å². The number of nitrogens with one attached hydrogen (secondary N) is 1. The molecule has 0 spiro atoms. The van der Waals surface area contributed by atoms with Crippen LogP contribution < -0.4 is 5.32 Å². The Bertz CT molecular complexity index is 571. The van der Waals surface area contributed by atoms with Gasteiger partial charge < -0.3 is 10.4 Å². The molecule has 23 heavy (non-hydrogen) atoms. The van der Waals surface area contributed by atoms with E-state index in [4.69, 9.17) is 0 Å². The van der Waals surface area contributed by atoms with E-state index >= 15 is 0 Å². The van der Waals surface area contributed by atoms with Crippen LogP contribution in [0, 0.1) is 5.92 Å². The summed E-state index contributed by atoms with van der Waals surface area (Å²) in [6, 6.07) is 7.48. The molecule has 2 unspecified atom stereocenters. The Morgan fingerprint density at radius 1 is 1.26 bits per heavy atom. The number of nitrogens with zero attached hydrogens (tertiary/aromatic N) is 1. The van der Waals surface area contributed by atoms with Gasteiger partial charge in [0.15, 0.2) is 0 Å². The molecule has 1 aliphatic heterocycles. The molecule has 1 amide bonds. The number of carbonyl (C=O) groups excluding carboxylic acids is 1. The molecule has 2 rings (SSSR count). The van der Waals surface area contributed by atoms with E-state index < -0.39 is 5.97 Å². The number of anilines is 1. The van der Waals surface area contributed by atoms with Gasteiger partial charge in [0.1, 0.15) is 0 Å². The number of hydrogen-bond donors (Lipinski definition) is 2. The van der Waals surface area contributed by atoms with Crippen LogP contribution >= 0.6 is 0 Å². The summed E-state index contributed by atoms with van der Waals surface area (Å²) in [6.45, 7) is 7.24. The van der Waals surface area contributed by atoms with Gasteiger partial charge in [-0.05, 0) is 43.9 Å². The molecule has 0 bridgehead atoms. The van der Waals surface area contributed by atoms with Crippen LogP contribution in [0.4, 0.5) is 5.69 Å². The lowest BCUT2D eigenvalue weighted by Gasteiger charge is -2.34. The number of benzene rings is 1. The second-order valence-electron chi connectivity index (χ2n) is 6.58. The lowest BCUT2D eigenvalue weighted by atomic mass is 9.97. The van der Waals surface area contributed by atoms with Gasteiger partial charge in [-0.2, -0.15) is 0 Å². The van der Waals surface area contributed by atoms with Crippen LogP contribution in [0.3, 0.4) is 0 Å². The minimum Gasteiger partial charge on any atom is -0.481 e. The molecular formula is C18H26N2O3. The smallest absolute Gasteiger partial charge is 0.307 e. The molecule has 1 aliphatic rings. The third-order valence-corrected chi connectivity index (χ3v) is 4.57. The largest absolute Gasteiger partial charge is 0.481 e. The molecule has 0 aliphatic carbocycles. The Labute approximate surface area is 137 Å². The van der Waals surface area contributed by atoms with Gasteiger partial charge in [0.2, 0.25) is 5.91 Å². The van der Waals surface area contributed by atoms with E-state index in [0.717, 1.165) is 24.2 Å². The second kappa shape index (κ2) is 7.59. The van der Waals surface area contributed by atoms with Crippen LogP contribution in [0.2, 0.25) is 0 Å². The molecule has 126 valence electrons. The predicted octanol–water partition coefficient (Wildman–Crippen LogP) is 2.93. The normalized spacial score (nSPS) is 20.3. The van der Waals surface area contributed by atoms with Crippen molar-refractivity contribution in [3.05, 3.63) is 29.8 Å². The summed E-state index contributed by atoms with van der Waals surface area (Å²) >= 11 is 0. The topological polar surface area (TPSA) is 69.6 Å². The highest BCUT2D eigenvalue weighted by Crippen LogP contribution is 2.25. The fourth-order valence-corrected chi connectivity index (χ4v) is 3.08. The number of amides is 1. The summed E-state index contributed by atoms with van der Waals surface area (Å²) in [7, 11) is 0. The van der Waals surface area contributed by atoms with Crippen molar-refractivity contribution in [1.82, 2.24) is 4.90 Å². The van der Waals surface area contributed by atoms with Gasteiger partial charge in [0, 0.05) is 12.2 Å². The molecule has 1 heterocycles. The molecule has 1 aromatic carbocycles. The van der Waals surface area contributed by atoms with Crippen molar-refractivity contribution in [3.63, 3.8) is 0 Å². The van der Waals surface area contributed by atoms with Crippen molar-refractivity contribution in [2.75, 3.05) is 18.4 Å². The van der Waals surface area contributed by atoms with Crippen molar-refractivity contribution in [3.8, 4) is 0 Å². The fourth-order valence-electron chi connectivity index (χ4n) is 3.08. The van der Waals surface area contributed by atoms with Gasteiger partial charge in [0.25, 0.3) is 0 Å². The number of rotatable bonds is 5. The average molecular weight is 318 g/mol. The zero-order valence-electron chi connectivity index (χ0n) is 14.1. The highest BCUT2D eigenvalue weighted by molar-refractivity contribution is 5.95. The predicted molar refractivity (Wildman–Crippen MR) is 90.6 cm³/mol. The van der Waals surface area contributed by atoms with Crippen LogP contribution in [-0.2, 0) is 9.59 Å². The summed E-state index contributed by atoms with van der Waals surface area (Å²) in [5.41, 5.74) is 1.95. The Balaban J connectivity index is 2.04. The van der Waals surface area contributed by atoms with E-state index in [9.17, 15) is 14.7 Å². The Morgan fingerprint density at radius 2 is 1.96 bits per heavy atom. The summed E-state index contributed by atoms with van der Waals surface area (Å²) in [4.78, 5) is 25.7. The van der Waals surface area contributed by atoms with E-state index in [2.05, 4.69) is 19.2 Å². The number of carboxylic acid groups (broad SMARTS) is 1. The van der Waals surface area contributed by atoms with Crippen molar-refractivity contribution < 1.29 is 14.7 Å². The van der Waals surface area contributed by atoms with Gasteiger partial charge >= 0.3 is 5.97 Å². The summed E-state index contributed by atoms with van der Waals surface area (Å²) in [6.07, 6.45) is 1.51. The van der Waals surface area contributed by atoms with Crippen LogP contribution in [0.25, 0.3) is 0 Å². The zero-order valence-corrected chi connectivity index (χ0v) is 14.1. The molecular weight excluding hydrogens is 292 g/mol. The highest BCUT2D eigenvalue weighted by atomic mass is 16.4. The van der Waals surface area contributed by atoms with Crippen LogP contribution in [-0.4, -0.2) is 41.0 Å². The van der Waals surface area contributed by atoms with Crippen molar-refractivity contribution in [1.29, 1.82) is 0 Å². The molecule has 5 heteroatoms. The number of aliphatic carboxylic acids is 1.